The van der Waals surface area contributed by atoms with E-state index in [0.717, 1.165) is 0 Å². The van der Waals surface area contributed by atoms with Crippen LogP contribution >= 0.6 is 0 Å². The third-order valence-electron chi connectivity index (χ3n) is 8.57. The molecule has 1 aliphatic carbocycles. The van der Waals surface area contributed by atoms with Crippen molar-refractivity contribution in [3.8, 4) is 0 Å². The fourth-order valence-corrected chi connectivity index (χ4v) is 10.1. The van der Waals surface area contributed by atoms with E-state index in [-0.39, 0.29) is 61.2 Å². The molecule has 1 aromatic heterocycles. The van der Waals surface area contributed by atoms with Crippen LogP contribution in [0.4, 0.5) is 0 Å². The Kier molecular flexibility index (Phi) is 8.21. The van der Waals surface area contributed by atoms with Crippen molar-refractivity contribution in [2.75, 3.05) is 21.3 Å². The van der Waals surface area contributed by atoms with Crippen molar-refractivity contribution in [2.45, 2.75) is 39.2 Å². The molecule has 0 bridgehead atoms. The molecule has 0 spiro atoms. The van der Waals surface area contributed by atoms with Crippen LogP contribution in [0.15, 0.2) is 105 Å². The summed E-state index contributed by atoms with van der Waals surface area (Å²) in [6, 6.07) is 22.6. The lowest BCUT2D eigenvalue weighted by atomic mass is 9.75. The number of aromatic nitrogens is 1. The Labute approximate surface area is 266 Å². The molecule has 0 N–H and O–H groups in total. The van der Waals surface area contributed by atoms with Gasteiger partial charge in [-0.2, -0.15) is 0 Å². The van der Waals surface area contributed by atoms with E-state index in [1.165, 1.54) is 45.6 Å². The number of nitrogens with zero attached hydrogens (tertiary/aromatic N) is 1. The summed E-state index contributed by atoms with van der Waals surface area (Å²) in [5.41, 5.74) is 0.938. The molecule has 2 atom stereocenters. The lowest BCUT2D eigenvalue weighted by Crippen LogP contribution is -2.39. The van der Waals surface area contributed by atoms with Gasteiger partial charge in [0.05, 0.1) is 56.7 Å². The summed E-state index contributed by atoms with van der Waals surface area (Å²) in [4.78, 5) is 26.1. The number of hydrogen-bond donors (Lipinski definition) is 0. The molecule has 4 aromatic carbocycles. The molecular weight excluding hydrogens is 631 g/mol. The largest absolute Gasteiger partial charge is 0.469 e. The molecule has 0 unspecified atom stereocenters. The van der Waals surface area contributed by atoms with Crippen LogP contribution in [-0.4, -0.2) is 54.7 Å². The Morgan fingerprint density at radius 3 is 1.63 bits per heavy atom. The van der Waals surface area contributed by atoms with Gasteiger partial charge < -0.3 is 18.8 Å². The predicted octanol–water partition coefficient (Wildman–Crippen LogP) is 4.74. The zero-order valence-corrected chi connectivity index (χ0v) is 26.9. The van der Waals surface area contributed by atoms with Crippen LogP contribution in [0, 0.1) is 11.8 Å². The number of para-hydroxylation sites is 1. The first-order valence-electron chi connectivity index (χ1n) is 14.4. The van der Waals surface area contributed by atoms with Gasteiger partial charge in [-0.05, 0) is 54.3 Å². The molecular formula is C34H31NO9S2. The highest BCUT2D eigenvalue weighted by Crippen LogP contribution is 2.49. The van der Waals surface area contributed by atoms with Gasteiger partial charge in [-0.15, -0.1) is 0 Å². The first-order chi connectivity index (χ1) is 22.1. The molecule has 6 rings (SSSR count). The average Bonchev–Trinajstić information content (AvgIpc) is 3.39. The lowest BCUT2D eigenvalue weighted by Gasteiger charge is -2.33. The lowest BCUT2D eigenvalue weighted by molar-refractivity contribution is -0.158. The highest BCUT2D eigenvalue weighted by molar-refractivity contribution is 7.92. The maximum Gasteiger partial charge on any atom is 0.309 e. The van der Waals surface area contributed by atoms with Crippen molar-refractivity contribution in [3.63, 3.8) is 0 Å². The minimum absolute atomic E-state index is 0.00884. The summed E-state index contributed by atoms with van der Waals surface area (Å²) in [7, 11) is -4.89. The Morgan fingerprint density at radius 2 is 1.13 bits per heavy atom. The third-order valence-corrected chi connectivity index (χ3v) is 12.3. The summed E-state index contributed by atoms with van der Waals surface area (Å²) in [6.45, 7) is -0.101. The molecule has 0 aliphatic heterocycles. The van der Waals surface area contributed by atoms with Gasteiger partial charge in [0.1, 0.15) is 6.73 Å². The van der Waals surface area contributed by atoms with Gasteiger partial charge in [0, 0.05) is 17.9 Å². The number of rotatable bonds is 8. The quantitative estimate of drug-likeness (QED) is 0.216. The Bertz CT molecular complexity index is 2210. The molecule has 0 radical (unpaired) electrons. The first-order valence-corrected chi connectivity index (χ1v) is 17.4. The molecule has 46 heavy (non-hydrogen) atoms. The number of esters is 2. The van der Waals surface area contributed by atoms with E-state index >= 15 is 0 Å². The second kappa shape index (κ2) is 12.0. The summed E-state index contributed by atoms with van der Waals surface area (Å²) >= 11 is 0. The Hall–Kier alpha value is -4.52. The first kappa shape index (κ1) is 31.5. The van der Waals surface area contributed by atoms with Crippen LogP contribution in [0.1, 0.15) is 11.1 Å². The highest BCUT2D eigenvalue weighted by Gasteiger charge is 2.46. The number of benzene rings is 4. The van der Waals surface area contributed by atoms with Crippen molar-refractivity contribution in [2.24, 2.45) is 11.8 Å². The summed E-state index contributed by atoms with van der Waals surface area (Å²) in [6.07, 6.45) is -0.564. The van der Waals surface area contributed by atoms with E-state index in [1.807, 2.05) is 0 Å². The third kappa shape index (κ3) is 4.88. The topological polar surface area (TPSA) is 135 Å². The normalized spacial score (nSPS) is 16.7. The average molecular weight is 662 g/mol. The van der Waals surface area contributed by atoms with Gasteiger partial charge in [0.15, 0.2) is 0 Å². The maximum absolute atomic E-state index is 14.8. The smallest absolute Gasteiger partial charge is 0.309 e. The number of hydrogen-bond acceptors (Lipinski definition) is 9. The van der Waals surface area contributed by atoms with Crippen LogP contribution in [-0.2, 0) is 63.0 Å². The second-order valence-electron chi connectivity index (χ2n) is 11.0. The molecule has 238 valence electrons. The molecule has 0 fully saturated rings. The van der Waals surface area contributed by atoms with Gasteiger partial charge in [0.2, 0.25) is 19.7 Å². The summed E-state index contributed by atoms with van der Waals surface area (Å²) < 4.78 is 76.5. The number of carbonyl (C=O) groups excluding carboxylic acids is 2. The van der Waals surface area contributed by atoms with Crippen molar-refractivity contribution in [3.05, 3.63) is 96.1 Å². The maximum atomic E-state index is 14.8. The van der Waals surface area contributed by atoms with Crippen LogP contribution in [0.2, 0.25) is 0 Å². The Morgan fingerprint density at radius 1 is 0.674 bits per heavy atom. The van der Waals surface area contributed by atoms with E-state index in [0.29, 0.717) is 10.9 Å². The fraction of sp³-hybridized carbons (Fsp3) is 0.235. The van der Waals surface area contributed by atoms with Crippen LogP contribution in [0.25, 0.3) is 21.8 Å². The number of ether oxygens (including phenoxy) is 3. The molecule has 0 amide bonds. The SMILES string of the molecule is COCn1c2ccccc2c2c(S(=O)(=O)c3ccccc3)c3c(c(S(=O)(=O)c4ccccc4)c21)C[C@@H](C(=O)OC)[C@H](C(=O)OC)C3. The fourth-order valence-electron chi connectivity index (χ4n) is 6.58. The number of fused-ring (bicyclic) bond motifs is 4. The van der Waals surface area contributed by atoms with Crippen molar-refractivity contribution in [1.29, 1.82) is 0 Å². The van der Waals surface area contributed by atoms with Gasteiger partial charge in [0.25, 0.3) is 0 Å². The van der Waals surface area contributed by atoms with E-state index in [9.17, 15) is 26.4 Å². The van der Waals surface area contributed by atoms with Gasteiger partial charge in [-0.1, -0.05) is 54.6 Å². The van der Waals surface area contributed by atoms with Crippen LogP contribution < -0.4 is 0 Å². The molecule has 0 saturated carbocycles. The van der Waals surface area contributed by atoms with E-state index < -0.39 is 43.4 Å². The molecule has 10 nitrogen and oxygen atoms in total. The molecule has 1 aliphatic rings. The zero-order valence-electron chi connectivity index (χ0n) is 25.3. The predicted molar refractivity (Wildman–Crippen MR) is 169 cm³/mol. The summed E-state index contributed by atoms with van der Waals surface area (Å²) in [5, 5.41) is 0.672. The number of methoxy groups -OCH3 is 3. The highest BCUT2D eigenvalue weighted by atomic mass is 32.2. The second-order valence-corrected chi connectivity index (χ2v) is 14.8. The van der Waals surface area contributed by atoms with E-state index in [1.54, 1.807) is 65.2 Å². The van der Waals surface area contributed by atoms with E-state index in [2.05, 4.69) is 0 Å². The number of sulfone groups is 2. The monoisotopic (exact) mass is 661 g/mol. The standard InChI is InChI=1S/C34H31NO9S2/c1-42-20-35-28-17-11-10-16-23(28)29-30(35)32(46(40,41)22-14-8-5-9-15-22)25-19-27(34(37)44-3)26(33(36)43-2)18-24(25)31(29)45(38,39)21-12-6-4-7-13-21/h4-17,26-27H,18-20H2,1-3H3/t26-,27-/m1/s1. The molecule has 12 heteroatoms. The van der Waals surface area contributed by atoms with Crippen molar-refractivity contribution in [1.82, 2.24) is 4.57 Å². The van der Waals surface area contributed by atoms with Crippen LogP contribution in [0.3, 0.4) is 0 Å². The van der Waals surface area contributed by atoms with Crippen molar-refractivity contribution >= 4 is 53.4 Å². The van der Waals surface area contributed by atoms with Crippen molar-refractivity contribution < 1.29 is 40.6 Å². The van der Waals surface area contributed by atoms with Gasteiger partial charge in [-0.25, -0.2) is 16.8 Å². The van der Waals surface area contributed by atoms with Gasteiger partial charge in [-0.3, -0.25) is 9.59 Å². The molecule has 1 heterocycles. The van der Waals surface area contributed by atoms with E-state index in [4.69, 9.17) is 14.2 Å². The Balaban J connectivity index is 1.90. The van der Waals surface area contributed by atoms with Crippen LogP contribution in [0.5, 0.6) is 0 Å². The summed E-state index contributed by atoms with van der Waals surface area (Å²) in [5.74, 6) is -3.75. The number of carbonyl (C=O) groups is 2. The zero-order chi connectivity index (χ0) is 32.8. The molecule has 5 aromatic rings. The minimum atomic E-state index is -4.36. The van der Waals surface area contributed by atoms with Gasteiger partial charge >= 0.3 is 11.9 Å². The minimum Gasteiger partial charge on any atom is -0.469 e. The molecule has 0 saturated heterocycles.